The molecule has 2 amide bonds. The summed E-state index contributed by atoms with van der Waals surface area (Å²) in [5.74, 6) is 0.0375. The molecule has 2 heterocycles. The maximum absolute atomic E-state index is 13.0. The van der Waals surface area contributed by atoms with Crippen LogP contribution in [0.25, 0.3) is 17.4 Å². The van der Waals surface area contributed by atoms with Gasteiger partial charge in [0.1, 0.15) is 17.1 Å². The minimum atomic E-state index is -0.544. The standard InChI is InChI=1S/C22H16N2O3S/c1-14-7-5-6-10-18(14)24-21(26)17(20(25)23-22(24)28)13-16-11-12-19(27-16)15-8-3-2-4-9-15/h2-13H,1H3,(H,23,25,28)/b17-13+. The Morgan fingerprint density at radius 3 is 2.43 bits per heavy atom. The summed E-state index contributed by atoms with van der Waals surface area (Å²) in [5, 5.41) is 2.64. The zero-order valence-electron chi connectivity index (χ0n) is 15.0. The molecule has 138 valence electrons. The molecule has 0 radical (unpaired) electrons. The van der Waals surface area contributed by atoms with Gasteiger partial charge in [0, 0.05) is 5.56 Å². The van der Waals surface area contributed by atoms with Gasteiger partial charge in [0.2, 0.25) is 0 Å². The molecule has 0 atom stereocenters. The van der Waals surface area contributed by atoms with Crippen LogP contribution < -0.4 is 10.2 Å². The van der Waals surface area contributed by atoms with Crippen molar-refractivity contribution in [2.75, 3.05) is 4.90 Å². The lowest BCUT2D eigenvalue weighted by Gasteiger charge is -2.29. The van der Waals surface area contributed by atoms with Gasteiger partial charge in [0.25, 0.3) is 11.8 Å². The summed E-state index contributed by atoms with van der Waals surface area (Å²) in [6.45, 7) is 1.88. The van der Waals surface area contributed by atoms with Crippen molar-refractivity contribution in [3.05, 3.63) is 83.6 Å². The summed E-state index contributed by atoms with van der Waals surface area (Å²) in [7, 11) is 0. The number of benzene rings is 2. The molecule has 1 aromatic heterocycles. The molecular formula is C22H16N2O3S. The van der Waals surface area contributed by atoms with Gasteiger partial charge in [-0.2, -0.15) is 0 Å². The van der Waals surface area contributed by atoms with Gasteiger partial charge in [-0.15, -0.1) is 0 Å². The second-order valence-corrected chi connectivity index (χ2v) is 6.70. The number of para-hydroxylation sites is 1. The fraction of sp³-hybridized carbons (Fsp3) is 0.0455. The summed E-state index contributed by atoms with van der Waals surface area (Å²) in [4.78, 5) is 26.8. The fourth-order valence-electron chi connectivity index (χ4n) is 3.02. The Morgan fingerprint density at radius 2 is 1.68 bits per heavy atom. The van der Waals surface area contributed by atoms with E-state index >= 15 is 0 Å². The first-order valence-corrected chi connectivity index (χ1v) is 9.08. The first kappa shape index (κ1) is 17.9. The number of nitrogens with zero attached hydrogens (tertiary/aromatic N) is 1. The summed E-state index contributed by atoms with van der Waals surface area (Å²) in [6, 6.07) is 20.5. The average molecular weight is 388 g/mol. The topological polar surface area (TPSA) is 62.6 Å². The van der Waals surface area contributed by atoms with Crippen molar-refractivity contribution in [3.63, 3.8) is 0 Å². The van der Waals surface area contributed by atoms with Gasteiger partial charge in [-0.25, -0.2) is 0 Å². The summed E-state index contributed by atoms with van der Waals surface area (Å²) < 4.78 is 5.80. The van der Waals surface area contributed by atoms with Gasteiger partial charge in [-0.05, 0) is 49.0 Å². The van der Waals surface area contributed by atoms with E-state index in [1.54, 1.807) is 18.2 Å². The largest absolute Gasteiger partial charge is 0.457 e. The number of amides is 2. The molecule has 1 aliphatic rings. The Hall–Kier alpha value is -3.51. The molecule has 1 N–H and O–H groups in total. The zero-order valence-corrected chi connectivity index (χ0v) is 15.8. The predicted molar refractivity (Wildman–Crippen MR) is 112 cm³/mol. The van der Waals surface area contributed by atoms with Gasteiger partial charge in [0.15, 0.2) is 5.11 Å². The molecule has 1 fully saturated rings. The third-order valence-corrected chi connectivity index (χ3v) is 4.71. The number of furan rings is 1. The van der Waals surface area contributed by atoms with Crippen LogP contribution in [0, 0.1) is 6.92 Å². The highest BCUT2D eigenvalue weighted by Gasteiger charge is 2.35. The van der Waals surface area contributed by atoms with Gasteiger partial charge < -0.3 is 4.42 Å². The van der Waals surface area contributed by atoms with Crippen molar-refractivity contribution in [2.24, 2.45) is 0 Å². The van der Waals surface area contributed by atoms with E-state index in [1.807, 2.05) is 55.5 Å². The third-order valence-electron chi connectivity index (χ3n) is 4.43. The predicted octanol–water partition coefficient (Wildman–Crippen LogP) is 4.09. The van der Waals surface area contributed by atoms with Crippen LogP contribution in [0.3, 0.4) is 0 Å². The molecule has 4 rings (SSSR count). The SMILES string of the molecule is Cc1ccccc1N1C(=O)/C(=C/c2ccc(-c3ccccc3)o2)C(=O)NC1=S. The van der Waals surface area contributed by atoms with Crippen LogP contribution in [0.5, 0.6) is 0 Å². The molecule has 6 heteroatoms. The zero-order chi connectivity index (χ0) is 19.7. The number of nitrogens with one attached hydrogen (secondary N) is 1. The van der Waals surface area contributed by atoms with Crippen molar-refractivity contribution in [1.82, 2.24) is 5.32 Å². The number of aryl methyl sites for hydroxylation is 1. The highest BCUT2D eigenvalue weighted by molar-refractivity contribution is 7.80. The second-order valence-electron chi connectivity index (χ2n) is 6.31. The van der Waals surface area contributed by atoms with Crippen molar-refractivity contribution < 1.29 is 14.0 Å². The lowest BCUT2D eigenvalue weighted by molar-refractivity contribution is -0.122. The third kappa shape index (κ3) is 3.25. The second kappa shape index (κ2) is 7.25. The van der Waals surface area contributed by atoms with Gasteiger partial charge in [-0.3, -0.25) is 19.8 Å². The van der Waals surface area contributed by atoms with Gasteiger partial charge >= 0.3 is 0 Å². The van der Waals surface area contributed by atoms with Crippen molar-refractivity contribution >= 4 is 40.9 Å². The Balaban J connectivity index is 1.70. The number of rotatable bonds is 3. The van der Waals surface area contributed by atoms with Crippen LogP contribution in [-0.4, -0.2) is 16.9 Å². The Labute approximate surface area is 167 Å². The molecule has 0 unspecified atom stereocenters. The molecule has 0 saturated carbocycles. The van der Waals surface area contributed by atoms with E-state index in [1.165, 1.54) is 11.0 Å². The molecule has 5 nitrogen and oxygen atoms in total. The van der Waals surface area contributed by atoms with Crippen LogP contribution in [0.15, 0.2) is 76.7 Å². The van der Waals surface area contributed by atoms with Crippen LogP contribution in [-0.2, 0) is 9.59 Å². The normalized spacial score (nSPS) is 15.8. The Kier molecular flexibility index (Phi) is 4.63. The first-order chi connectivity index (χ1) is 13.5. The first-order valence-electron chi connectivity index (χ1n) is 8.67. The molecule has 28 heavy (non-hydrogen) atoms. The average Bonchev–Trinajstić information content (AvgIpc) is 3.16. The summed E-state index contributed by atoms with van der Waals surface area (Å²) >= 11 is 5.23. The molecule has 0 spiro atoms. The number of carbonyl (C=O) groups excluding carboxylic acids is 2. The number of carbonyl (C=O) groups is 2. The highest BCUT2D eigenvalue weighted by atomic mass is 32.1. The van der Waals surface area contributed by atoms with E-state index in [0.29, 0.717) is 17.2 Å². The molecule has 0 bridgehead atoms. The number of hydrogen-bond acceptors (Lipinski definition) is 4. The maximum atomic E-state index is 13.0. The van der Waals surface area contributed by atoms with Crippen molar-refractivity contribution in [2.45, 2.75) is 6.92 Å². The summed E-state index contributed by atoms with van der Waals surface area (Å²) in [6.07, 6.45) is 1.44. The smallest absolute Gasteiger partial charge is 0.270 e. The molecule has 0 aliphatic carbocycles. The highest BCUT2D eigenvalue weighted by Crippen LogP contribution is 2.27. The van der Waals surface area contributed by atoms with Crippen molar-refractivity contribution in [3.8, 4) is 11.3 Å². The van der Waals surface area contributed by atoms with E-state index in [4.69, 9.17) is 16.6 Å². The Bertz CT molecular complexity index is 1120. The monoisotopic (exact) mass is 388 g/mol. The molecular weight excluding hydrogens is 372 g/mol. The van der Waals surface area contributed by atoms with E-state index in [0.717, 1.165) is 11.1 Å². The molecule has 3 aromatic rings. The van der Waals surface area contributed by atoms with E-state index in [-0.39, 0.29) is 10.7 Å². The number of anilines is 1. The quantitative estimate of drug-likeness (QED) is 0.417. The van der Waals surface area contributed by atoms with Gasteiger partial charge in [0.05, 0.1) is 5.69 Å². The van der Waals surface area contributed by atoms with Crippen LogP contribution in [0.1, 0.15) is 11.3 Å². The van der Waals surface area contributed by atoms with Crippen LogP contribution >= 0.6 is 12.2 Å². The fourth-order valence-corrected chi connectivity index (χ4v) is 3.29. The molecule has 1 saturated heterocycles. The van der Waals surface area contributed by atoms with Crippen LogP contribution in [0.4, 0.5) is 5.69 Å². The molecule has 2 aromatic carbocycles. The Morgan fingerprint density at radius 1 is 0.964 bits per heavy atom. The summed E-state index contributed by atoms with van der Waals surface area (Å²) in [5.41, 5.74) is 2.38. The van der Waals surface area contributed by atoms with E-state index in [2.05, 4.69) is 5.32 Å². The van der Waals surface area contributed by atoms with E-state index in [9.17, 15) is 9.59 Å². The van der Waals surface area contributed by atoms with Crippen LogP contribution in [0.2, 0.25) is 0 Å². The lowest BCUT2D eigenvalue weighted by atomic mass is 10.1. The minimum Gasteiger partial charge on any atom is -0.457 e. The van der Waals surface area contributed by atoms with E-state index < -0.39 is 11.8 Å². The van der Waals surface area contributed by atoms with Gasteiger partial charge in [-0.1, -0.05) is 48.5 Å². The van der Waals surface area contributed by atoms with Crippen molar-refractivity contribution in [1.29, 1.82) is 0 Å². The number of hydrogen-bond donors (Lipinski definition) is 1. The lowest BCUT2D eigenvalue weighted by Crippen LogP contribution is -2.54. The minimum absolute atomic E-state index is 0.0363. The number of thiocarbonyl (C=S) groups is 1. The molecule has 1 aliphatic heterocycles. The maximum Gasteiger partial charge on any atom is 0.270 e.